The Morgan fingerprint density at radius 2 is 2.12 bits per heavy atom. The van der Waals surface area contributed by atoms with E-state index in [-0.39, 0.29) is 5.91 Å². The maximum Gasteiger partial charge on any atom is 0.224 e. The lowest BCUT2D eigenvalue weighted by molar-refractivity contribution is -0.116. The van der Waals surface area contributed by atoms with Crippen molar-refractivity contribution in [2.24, 2.45) is 0 Å². The summed E-state index contributed by atoms with van der Waals surface area (Å²) in [5, 5.41) is 11.2. The molecule has 3 nitrogen and oxygen atoms in total. The molecule has 0 unspecified atom stereocenters. The molecule has 0 aliphatic rings. The summed E-state index contributed by atoms with van der Waals surface area (Å²) in [6.07, 6.45) is 1.40. The standard InChI is InChI=1S/C12H14N2OS/c1-2-3-12(15)14-10-4-6-11(7-5-10)16-9-8-13/h4-7H,2-3,9H2,1H3,(H,14,15). The minimum atomic E-state index is 0.0416. The molecule has 16 heavy (non-hydrogen) atoms. The Morgan fingerprint density at radius 3 is 2.69 bits per heavy atom. The molecule has 0 saturated heterocycles. The highest BCUT2D eigenvalue weighted by Crippen LogP contribution is 2.19. The van der Waals surface area contributed by atoms with Crippen LogP contribution in [0.25, 0.3) is 0 Å². The van der Waals surface area contributed by atoms with Crippen LogP contribution in [0.15, 0.2) is 29.2 Å². The quantitative estimate of drug-likeness (QED) is 0.797. The van der Waals surface area contributed by atoms with E-state index in [0.717, 1.165) is 17.0 Å². The van der Waals surface area contributed by atoms with Crippen molar-refractivity contribution in [3.63, 3.8) is 0 Å². The molecule has 0 saturated carbocycles. The molecule has 0 heterocycles. The predicted molar refractivity (Wildman–Crippen MR) is 66.3 cm³/mol. The summed E-state index contributed by atoms with van der Waals surface area (Å²) in [4.78, 5) is 12.3. The number of carbonyl (C=O) groups is 1. The van der Waals surface area contributed by atoms with Crippen LogP contribution in [-0.4, -0.2) is 11.7 Å². The normalized spacial score (nSPS) is 9.50. The van der Waals surface area contributed by atoms with Crippen molar-refractivity contribution in [2.75, 3.05) is 11.1 Å². The van der Waals surface area contributed by atoms with Crippen LogP contribution in [-0.2, 0) is 4.79 Å². The molecule has 0 radical (unpaired) electrons. The fourth-order valence-electron chi connectivity index (χ4n) is 1.20. The summed E-state index contributed by atoms with van der Waals surface area (Å²) in [6, 6.07) is 9.59. The fourth-order valence-corrected chi connectivity index (χ4v) is 1.76. The molecule has 0 fully saturated rings. The lowest BCUT2D eigenvalue weighted by Gasteiger charge is -2.04. The Labute approximate surface area is 99.8 Å². The summed E-state index contributed by atoms with van der Waals surface area (Å²) in [6.45, 7) is 1.97. The van der Waals surface area contributed by atoms with Crippen LogP contribution in [0.1, 0.15) is 19.8 Å². The second-order valence-electron chi connectivity index (χ2n) is 3.27. The molecule has 0 atom stereocenters. The first-order valence-corrected chi connectivity index (χ1v) is 6.14. The molecule has 0 aromatic heterocycles. The van der Waals surface area contributed by atoms with Crippen LogP contribution in [0.5, 0.6) is 0 Å². The number of benzene rings is 1. The Morgan fingerprint density at radius 1 is 1.44 bits per heavy atom. The van der Waals surface area contributed by atoms with Gasteiger partial charge in [0.15, 0.2) is 0 Å². The zero-order valence-corrected chi connectivity index (χ0v) is 10.0. The van der Waals surface area contributed by atoms with Gasteiger partial charge in [0.2, 0.25) is 5.91 Å². The van der Waals surface area contributed by atoms with E-state index < -0.39 is 0 Å². The highest BCUT2D eigenvalue weighted by atomic mass is 32.2. The molecular weight excluding hydrogens is 220 g/mol. The van der Waals surface area contributed by atoms with E-state index in [9.17, 15) is 4.79 Å². The van der Waals surface area contributed by atoms with Crippen molar-refractivity contribution in [3.8, 4) is 6.07 Å². The number of hydrogen-bond acceptors (Lipinski definition) is 3. The Kier molecular flexibility index (Phi) is 5.44. The van der Waals surface area contributed by atoms with Gasteiger partial charge in [-0.2, -0.15) is 5.26 Å². The van der Waals surface area contributed by atoms with E-state index in [1.807, 2.05) is 31.2 Å². The number of anilines is 1. The molecule has 0 aliphatic carbocycles. The van der Waals surface area contributed by atoms with Crippen LogP contribution in [0.3, 0.4) is 0 Å². The second kappa shape index (κ2) is 6.91. The summed E-state index contributed by atoms with van der Waals surface area (Å²) in [7, 11) is 0. The van der Waals surface area contributed by atoms with Gasteiger partial charge in [-0.1, -0.05) is 6.92 Å². The number of rotatable bonds is 5. The van der Waals surface area contributed by atoms with Crippen LogP contribution in [0, 0.1) is 11.3 Å². The lowest BCUT2D eigenvalue weighted by Crippen LogP contribution is -2.10. The Balaban J connectivity index is 2.51. The maximum absolute atomic E-state index is 11.3. The van der Waals surface area contributed by atoms with E-state index >= 15 is 0 Å². The van der Waals surface area contributed by atoms with Gasteiger partial charge in [0.05, 0.1) is 11.8 Å². The van der Waals surface area contributed by atoms with Crippen molar-refractivity contribution >= 4 is 23.4 Å². The van der Waals surface area contributed by atoms with Gasteiger partial charge in [0.25, 0.3) is 0 Å². The first-order valence-electron chi connectivity index (χ1n) is 5.16. The summed E-state index contributed by atoms with van der Waals surface area (Å²) < 4.78 is 0. The molecule has 84 valence electrons. The average Bonchev–Trinajstić information content (AvgIpc) is 2.28. The largest absolute Gasteiger partial charge is 0.326 e. The molecule has 0 aliphatic heterocycles. The Bertz CT molecular complexity index is 381. The third kappa shape index (κ3) is 4.37. The SMILES string of the molecule is CCCC(=O)Nc1ccc(SCC#N)cc1. The summed E-state index contributed by atoms with van der Waals surface area (Å²) in [5.74, 6) is 0.488. The molecule has 1 amide bonds. The van der Waals surface area contributed by atoms with E-state index in [4.69, 9.17) is 5.26 Å². The van der Waals surface area contributed by atoms with Crippen LogP contribution in [0.4, 0.5) is 5.69 Å². The second-order valence-corrected chi connectivity index (χ2v) is 4.32. The van der Waals surface area contributed by atoms with Gasteiger partial charge < -0.3 is 5.32 Å². The van der Waals surface area contributed by atoms with Crippen LogP contribution < -0.4 is 5.32 Å². The van der Waals surface area contributed by atoms with Crippen LogP contribution >= 0.6 is 11.8 Å². The third-order valence-electron chi connectivity index (χ3n) is 1.92. The summed E-state index contributed by atoms with van der Waals surface area (Å²) in [5.41, 5.74) is 0.805. The third-order valence-corrected chi connectivity index (χ3v) is 2.80. The molecular formula is C12H14N2OS. The van der Waals surface area contributed by atoms with Gasteiger partial charge in [-0.15, -0.1) is 11.8 Å². The fraction of sp³-hybridized carbons (Fsp3) is 0.333. The zero-order chi connectivity index (χ0) is 11.8. The molecule has 0 spiro atoms. The zero-order valence-electron chi connectivity index (χ0n) is 9.19. The monoisotopic (exact) mass is 234 g/mol. The minimum absolute atomic E-state index is 0.0416. The van der Waals surface area contributed by atoms with Crippen molar-refractivity contribution in [2.45, 2.75) is 24.7 Å². The van der Waals surface area contributed by atoms with Gasteiger partial charge in [0.1, 0.15) is 0 Å². The molecule has 1 aromatic carbocycles. The molecule has 1 aromatic rings. The number of nitrogens with one attached hydrogen (secondary N) is 1. The van der Waals surface area contributed by atoms with E-state index in [1.54, 1.807) is 0 Å². The first kappa shape index (κ1) is 12.6. The number of carbonyl (C=O) groups excluding carboxylic acids is 1. The van der Waals surface area contributed by atoms with Gasteiger partial charge in [0, 0.05) is 17.0 Å². The molecule has 1 rings (SSSR count). The number of amides is 1. The smallest absolute Gasteiger partial charge is 0.224 e. The number of nitrogens with zero attached hydrogens (tertiary/aromatic N) is 1. The number of nitriles is 1. The molecule has 1 N–H and O–H groups in total. The highest BCUT2D eigenvalue weighted by molar-refractivity contribution is 7.99. The van der Waals surface area contributed by atoms with E-state index in [1.165, 1.54) is 11.8 Å². The minimum Gasteiger partial charge on any atom is -0.326 e. The first-order chi connectivity index (χ1) is 7.76. The molecule has 0 bridgehead atoms. The predicted octanol–water partition coefficient (Wildman–Crippen LogP) is 3.04. The lowest BCUT2D eigenvalue weighted by atomic mass is 10.3. The van der Waals surface area contributed by atoms with E-state index in [2.05, 4.69) is 11.4 Å². The van der Waals surface area contributed by atoms with Crippen LogP contribution in [0.2, 0.25) is 0 Å². The topological polar surface area (TPSA) is 52.9 Å². The van der Waals surface area contributed by atoms with Gasteiger partial charge in [-0.25, -0.2) is 0 Å². The van der Waals surface area contributed by atoms with Gasteiger partial charge in [-0.3, -0.25) is 4.79 Å². The van der Waals surface area contributed by atoms with Crippen molar-refractivity contribution in [1.29, 1.82) is 5.26 Å². The summed E-state index contributed by atoms with van der Waals surface area (Å²) >= 11 is 1.48. The van der Waals surface area contributed by atoms with Crippen molar-refractivity contribution in [1.82, 2.24) is 0 Å². The van der Waals surface area contributed by atoms with Crippen molar-refractivity contribution in [3.05, 3.63) is 24.3 Å². The van der Waals surface area contributed by atoms with Gasteiger partial charge in [-0.05, 0) is 30.7 Å². The van der Waals surface area contributed by atoms with Gasteiger partial charge >= 0.3 is 0 Å². The highest BCUT2D eigenvalue weighted by Gasteiger charge is 2.00. The number of thioether (sulfide) groups is 1. The van der Waals surface area contributed by atoms with Crippen molar-refractivity contribution < 1.29 is 4.79 Å². The average molecular weight is 234 g/mol. The number of hydrogen-bond donors (Lipinski definition) is 1. The Hall–Kier alpha value is -1.47. The van der Waals surface area contributed by atoms with E-state index in [0.29, 0.717) is 12.2 Å². The maximum atomic E-state index is 11.3. The molecule has 4 heteroatoms.